The van der Waals surface area contributed by atoms with Gasteiger partial charge in [-0.3, -0.25) is 0 Å². The van der Waals surface area contributed by atoms with Crippen molar-refractivity contribution in [2.24, 2.45) is 0 Å². The van der Waals surface area contributed by atoms with Crippen LogP contribution >= 0.6 is 11.3 Å². The van der Waals surface area contributed by atoms with Crippen LogP contribution in [0.5, 0.6) is 0 Å². The van der Waals surface area contributed by atoms with E-state index in [9.17, 15) is 0 Å². The van der Waals surface area contributed by atoms with Gasteiger partial charge >= 0.3 is 0 Å². The molecule has 0 saturated carbocycles. The normalized spacial score (nSPS) is 11.6. The predicted molar refractivity (Wildman–Crippen MR) is 196 cm³/mol. The number of benzene rings is 8. The Hall–Kier alpha value is -5.50. The molecule has 1 heterocycles. The molecular weight excluding hydrogens is 561 g/mol. The minimum atomic E-state index is 1.23. The van der Waals surface area contributed by atoms with Crippen molar-refractivity contribution in [1.82, 2.24) is 0 Å². The molecule has 0 aliphatic carbocycles. The second kappa shape index (κ2) is 10.6. The summed E-state index contributed by atoms with van der Waals surface area (Å²) in [6.07, 6.45) is 0. The maximum atomic E-state index is 2.43. The fourth-order valence-corrected chi connectivity index (χ4v) is 8.23. The summed E-state index contributed by atoms with van der Waals surface area (Å²) in [5.74, 6) is 0. The summed E-state index contributed by atoms with van der Waals surface area (Å²) < 4.78 is 2.64. The second-order valence-electron chi connectivity index (χ2n) is 11.6. The average molecular weight is 589 g/mol. The van der Waals surface area contributed by atoms with E-state index in [4.69, 9.17) is 0 Å². The SMILES string of the molecule is c1ccc(-c2cccc(-c3c4ccccc4c(-c4cc(-c5ccccc5)cc5sc6ccccc6c45)c4ccccc34)c2)cc1. The molecule has 0 bridgehead atoms. The van der Waals surface area contributed by atoms with Crippen LogP contribution in [-0.2, 0) is 0 Å². The molecule has 1 heteroatoms. The van der Waals surface area contributed by atoms with Crippen LogP contribution < -0.4 is 0 Å². The van der Waals surface area contributed by atoms with Gasteiger partial charge in [-0.25, -0.2) is 0 Å². The van der Waals surface area contributed by atoms with Gasteiger partial charge in [-0.1, -0.05) is 146 Å². The van der Waals surface area contributed by atoms with Gasteiger partial charge in [0.2, 0.25) is 0 Å². The molecule has 9 rings (SSSR count). The molecule has 210 valence electrons. The lowest BCUT2D eigenvalue weighted by Crippen LogP contribution is -1.92. The van der Waals surface area contributed by atoms with Gasteiger partial charge in [0.25, 0.3) is 0 Å². The first kappa shape index (κ1) is 25.9. The van der Waals surface area contributed by atoms with Gasteiger partial charge in [0.15, 0.2) is 0 Å². The quantitative estimate of drug-likeness (QED) is 0.179. The molecule has 0 amide bonds. The largest absolute Gasteiger partial charge is 0.135 e. The van der Waals surface area contributed by atoms with E-state index in [1.165, 1.54) is 86.2 Å². The molecule has 1 aromatic heterocycles. The Morgan fingerprint density at radius 1 is 0.289 bits per heavy atom. The zero-order valence-electron chi connectivity index (χ0n) is 24.6. The topological polar surface area (TPSA) is 0 Å². The summed E-state index contributed by atoms with van der Waals surface area (Å²) in [4.78, 5) is 0. The Balaban J connectivity index is 1.41. The monoisotopic (exact) mass is 588 g/mol. The zero-order valence-corrected chi connectivity index (χ0v) is 25.4. The standard InChI is InChI=1S/C44H28S/c1-3-14-29(15-4-1)31-18-13-19-32(26-31)42-34-20-7-9-22-36(34)43(37-23-10-8-21-35(37)42)39-27-33(30-16-5-2-6-17-30)28-41-44(39)38-24-11-12-25-40(38)45-41/h1-28H. The van der Waals surface area contributed by atoms with Crippen LogP contribution in [0.1, 0.15) is 0 Å². The molecule has 0 nitrogen and oxygen atoms in total. The van der Waals surface area contributed by atoms with Gasteiger partial charge < -0.3 is 0 Å². The number of fused-ring (bicyclic) bond motifs is 5. The Kier molecular flexibility index (Phi) is 6.11. The van der Waals surface area contributed by atoms with Crippen LogP contribution in [0.25, 0.3) is 86.2 Å². The number of hydrogen-bond donors (Lipinski definition) is 0. The molecule has 0 unspecified atom stereocenters. The highest BCUT2D eigenvalue weighted by Crippen LogP contribution is 2.49. The van der Waals surface area contributed by atoms with Crippen molar-refractivity contribution >= 4 is 53.1 Å². The first-order valence-electron chi connectivity index (χ1n) is 15.4. The highest BCUT2D eigenvalue weighted by atomic mass is 32.1. The van der Waals surface area contributed by atoms with E-state index in [0.29, 0.717) is 0 Å². The Morgan fingerprint density at radius 2 is 0.778 bits per heavy atom. The molecule has 0 aliphatic rings. The van der Waals surface area contributed by atoms with Gasteiger partial charge in [0.05, 0.1) is 0 Å². The van der Waals surface area contributed by atoms with E-state index in [1.807, 2.05) is 11.3 Å². The Labute approximate surface area is 266 Å². The summed E-state index contributed by atoms with van der Waals surface area (Å²) in [7, 11) is 0. The van der Waals surface area contributed by atoms with Gasteiger partial charge in [-0.15, -0.1) is 11.3 Å². The van der Waals surface area contributed by atoms with Crippen LogP contribution in [0.15, 0.2) is 170 Å². The fraction of sp³-hybridized carbons (Fsp3) is 0. The highest BCUT2D eigenvalue weighted by molar-refractivity contribution is 7.26. The molecule has 9 aromatic rings. The van der Waals surface area contributed by atoms with Crippen molar-refractivity contribution in [3.63, 3.8) is 0 Å². The van der Waals surface area contributed by atoms with Crippen LogP contribution in [0.3, 0.4) is 0 Å². The summed E-state index contributed by atoms with van der Waals surface area (Å²) in [6.45, 7) is 0. The minimum absolute atomic E-state index is 1.23. The van der Waals surface area contributed by atoms with Gasteiger partial charge in [0.1, 0.15) is 0 Å². The lowest BCUT2D eigenvalue weighted by molar-refractivity contribution is 1.61. The van der Waals surface area contributed by atoms with Crippen molar-refractivity contribution in [3.8, 4) is 44.5 Å². The minimum Gasteiger partial charge on any atom is -0.135 e. The lowest BCUT2D eigenvalue weighted by atomic mass is 9.84. The highest BCUT2D eigenvalue weighted by Gasteiger charge is 2.21. The maximum Gasteiger partial charge on any atom is 0.0367 e. The van der Waals surface area contributed by atoms with E-state index in [2.05, 4.69) is 170 Å². The fourth-order valence-electron chi connectivity index (χ4n) is 7.06. The van der Waals surface area contributed by atoms with Gasteiger partial charge in [-0.2, -0.15) is 0 Å². The molecule has 0 spiro atoms. The third-order valence-electron chi connectivity index (χ3n) is 9.04. The van der Waals surface area contributed by atoms with Crippen molar-refractivity contribution < 1.29 is 0 Å². The zero-order chi connectivity index (χ0) is 29.7. The first-order chi connectivity index (χ1) is 22.3. The number of hydrogen-bond acceptors (Lipinski definition) is 1. The first-order valence-corrected chi connectivity index (χ1v) is 16.3. The summed E-state index contributed by atoms with van der Waals surface area (Å²) in [5, 5.41) is 7.75. The van der Waals surface area contributed by atoms with Crippen LogP contribution in [0, 0.1) is 0 Å². The second-order valence-corrected chi connectivity index (χ2v) is 12.7. The van der Waals surface area contributed by atoms with E-state index in [1.54, 1.807) is 0 Å². The van der Waals surface area contributed by atoms with Gasteiger partial charge in [0, 0.05) is 20.2 Å². The van der Waals surface area contributed by atoms with E-state index >= 15 is 0 Å². The molecular formula is C44H28S. The predicted octanol–water partition coefficient (Wildman–Crippen LogP) is 13.0. The molecule has 0 radical (unpaired) electrons. The van der Waals surface area contributed by atoms with Crippen molar-refractivity contribution in [2.75, 3.05) is 0 Å². The molecule has 0 saturated heterocycles. The maximum absolute atomic E-state index is 2.43. The van der Waals surface area contributed by atoms with Crippen LogP contribution in [-0.4, -0.2) is 0 Å². The Bertz CT molecular complexity index is 2460. The summed E-state index contributed by atoms with van der Waals surface area (Å²) in [6, 6.07) is 62.2. The van der Waals surface area contributed by atoms with E-state index in [0.717, 1.165) is 0 Å². The van der Waals surface area contributed by atoms with Gasteiger partial charge in [-0.05, 0) is 90.3 Å². The average Bonchev–Trinajstić information content (AvgIpc) is 3.50. The van der Waals surface area contributed by atoms with Crippen molar-refractivity contribution in [3.05, 3.63) is 170 Å². The lowest BCUT2D eigenvalue weighted by Gasteiger charge is -2.19. The Morgan fingerprint density at radius 3 is 1.42 bits per heavy atom. The molecule has 45 heavy (non-hydrogen) atoms. The van der Waals surface area contributed by atoms with Crippen LogP contribution in [0.4, 0.5) is 0 Å². The molecule has 0 N–H and O–H groups in total. The number of thiophene rings is 1. The third kappa shape index (κ3) is 4.28. The number of rotatable bonds is 4. The summed E-state index contributed by atoms with van der Waals surface area (Å²) >= 11 is 1.89. The van der Waals surface area contributed by atoms with Crippen molar-refractivity contribution in [2.45, 2.75) is 0 Å². The smallest absolute Gasteiger partial charge is 0.0367 e. The summed E-state index contributed by atoms with van der Waals surface area (Å²) in [5.41, 5.74) is 10.1. The molecule has 0 aliphatic heterocycles. The third-order valence-corrected chi connectivity index (χ3v) is 10.2. The molecule has 0 atom stereocenters. The molecule has 8 aromatic carbocycles. The van der Waals surface area contributed by atoms with E-state index in [-0.39, 0.29) is 0 Å². The van der Waals surface area contributed by atoms with Crippen molar-refractivity contribution in [1.29, 1.82) is 0 Å². The van der Waals surface area contributed by atoms with Crippen LogP contribution in [0.2, 0.25) is 0 Å². The van der Waals surface area contributed by atoms with E-state index < -0.39 is 0 Å². The molecule has 0 fully saturated rings.